The molecule has 0 radical (unpaired) electrons. The number of carbonyl (C=O) groups excluding carboxylic acids is 1. The zero-order valence-corrected chi connectivity index (χ0v) is 14.9. The number of pyridine rings is 1. The predicted octanol–water partition coefficient (Wildman–Crippen LogP) is 1.98. The van der Waals surface area contributed by atoms with Crippen molar-refractivity contribution < 1.29 is 19.0 Å². The van der Waals surface area contributed by atoms with E-state index in [-0.39, 0.29) is 6.04 Å². The van der Waals surface area contributed by atoms with Gasteiger partial charge in [0.15, 0.2) is 11.6 Å². The zero-order chi connectivity index (χ0) is 17.9. The monoisotopic (exact) mass is 360 g/mol. The molecular weight excluding hydrogens is 336 g/mol. The Morgan fingerprint density at radius 2 is 2.00 bits per heavy atom. The average Bonchev–Trinajstić information content (AvgIpc) is 3.06. The number of amides is 1. The minimum absolute atomic E-state index is 0.0969. The lowest BCUT2D eigenvalue weighted by molar-refractivity contribution is 0.0778. The zero-order valence-electron chi connectivity index (χ0n) is 14.9. The van der Waals surface area contributed by atoms with Crippen LogP contribution in [0.5, 0.6) is 5.75 Å². The van der Waals surface area contributed by atoms with Crippen LogP contribution in [-0.2, 0) is 9.47 Å². The quantitative estimate of drug-likeness (QED) is 0.870. The molecule has 26 heavy (non-hydrogen) atoms. The van der Waals surface area contributed by atoms with Crippen molar-refractivity contribution in [2.45, 2.75) is 25.8 Å². The van der Waals surface area contributed by atoms with Gasteiger partial charge in [0.1, 0.15) is 0 Å². The van der Waals surface area contributed by atoms with E-state index in [2.05, 4.69) is 20.2 Å². The first-order chi connectivity index (χ1) is 12.7. The summed E-state index contributed by atoms with van der Waals surface area (Å²) in [6.45, 7) is 6.30. The summed E-state index contributed by atoms with van der Waals surface area (Å²) in [5.41, 5.74) is 1.91. The second kappa shape index (κ2) is 7.51. The Balaban J connectivity index is 1.55. The van der Waals surface area contributed by atoms with E-state index in [4.69, 9.17) is 14.2 Å². The van der Waals surface area contributed by atoms with Crippen LogP contribution in [0.4, 0.5) is 10.6 Å². The molecule has 2 N–H and O–H groups in total. The number of nitrogens with zero attached hydrogens (tertiary/aromatic N) is 2. The molecule has 0 spiro atoms. The van der Waals surface area contributed by atoms with Gasteiger partial charge in [-0.3, -0.25) is 0 Å². The van der Waals surface area contributed by atoms with E-state index in [1.54, 1.807) is 6.20 Å². The highest BCUT2D eigenvalue weighted by molar-refractivity contribution is 5.97. The summed E-state index contributed by atoms with van der Waals surface area (Å²) in [7, 11) is 0. The summed E-state index contributed by atoms with van der Waals surface area (Å²) in [5, 5.41) is 3.81. The maximum absolute atomic E-state index is 12.3. The molecule has 0 unspecified atom stereocenters. The van der Waals surface area contributed by atoms with Crippen molar-refractivity contribution in [2.24, 2.45) is 0 Å². The Hall–Kier alpha value is -2.32. The minimum Gasteiger partial charge on any atom is -0.408 e. The molecule has 8 nitrogen and oxygen atoms in total. The number of fused-ring (bicyclic) bond motifs is 1. The molecule has 140 valence electrons. The van der Waals surface area contributed by atoms with Crippen LogP contribution in [0.3, 0.4) is 0 Å². The van der Waals surface area contributed by atoms with Gasteiger partial charge in [-0.25, -0.2) is 9.78 Å². The second-order valence-electron chi connectivity index (χ2n) is 6.69. The Bertz CT molecular complexity index is 779. The maximum Gasteiger partial charge on any atom is 0.412 e. The fourth-order valence-electron chi connectivity index (χ4n) is 3.49. The van der Waals surface area contributed by atoms with Gasteiger partial charge in [0.25, 0.3) is 0 Å². The summed E-state index contributed by atoms with van der Waals surface area (Å²) in [6.07, 6.45) is 4.72. The van der Waals surface area contributed by atoms with Crippen LogP contribution < -0.4 is 15.0 Å². The number of morpholine rings is 1. The Morgan fingerprint density at radius 3 is 2.77 bits per heavy atom. The molecule has 4 rings (SSSR count). The molecule has 1 amide bonds. The Morgan fingerprint density at radius 1 is 1.27 bits per heavy atom. The van der Waals surface area contributed by atoms with Crippen molar-refractivity contribution >= 4 is 22.8 Å². The molecular formula is C18H24N4O4. The number of H-pyrrole nitrogens is 1. The summed E-state index contributed by atoms with van der Waals surface area (Å²) in [6, 6.07) is 0.0969. The number of rotatable bonds is 3. The minimum atomic E-state index is -0.445. The van der Waals surface area contributed by atoms with Crippen LogP contribution in [0.2, 0.25) is 0 Å². The molecule has 2 aromatic heterocycles. The normalized spacial score (nSPS) is 18.9. The van der Waals surface area contributed by atoms with Crippen LogP contribution in [0.15, 0.2) is 12.4 Å². The van der Waals surface area contributed by atoms with Crippen molar-refractivity contribution in [3.05, 3.63) is 18.0 Å². The van der Waals surface area contributed by atoms with Crippen molar-refractivity contribution in [3.8, 4) is 5.75 Å². The molecule has 0 aliphatic carbocycles. The third-order valence-corrected chi connectivity index (χ3v) is 4.91. The average molecular weight is 360 g/mol. The van der Waals surface area contributed by atoms with Gasteiger partial charge in [-0.05, 0) is 25.3 Å². The fraction of sp³-hybridized carbons (Fsp3) is 0.556. The van der Waals surface area contributed by atoms with E-state index in [0.717, 1.165) is 48.2 Å². The van der Waals surface area contributed by atoms with Crippen molar-refractivity contribution in [3.63, 3.8) is 0 Å². The highest BCUT2D eigenvalue weighted by Crippen LogP contribution is 2.33. The van der Waals surface area contributed by atoms with Gasteiger partial charge >= 0.3 is 6.09 Å². The van der Waals surface area contributed by atoms with Gasteiger partial charge in [0, 0.05) is 38.5 Å². The lowest BCUT2D eigenvalue weighted by atomic mass is 10.1. The molecule has 2 aliphatic heterocycles. The van der Waals surface area contributed by atoms with E-state index in [1.165, 1.54) is 0 Å². The fourth-order valence-corrected chi connectivity index (χ4v) is 3.49. The first-order valence-electron chi connectivity index (χ1n) is 9.08. The van der Waals surface area contributed by atoms with Gasteiger partial charge in [0.2, 0.25) is 0 Å². The number of hydrogen-bond acceptors (Lipinski definition) is 6. The van der Waals surface area contributed by atoms with Gasteiger partial charge < -0.3 is 29.4 Å². The van der Waals surface area contributed by atoms with Crippen molar-refractivity contribution in [1.29, 1.82) is 0 Å². The number of hydrogen-bond donors (Lipinski definition) is 2. The van der Waals surface area contributed by atoms with Crippen LogP contribution in [0, 0.1) is 6.92 Å². The topological polar surface area (TPSA) is 88.7 Å². The first kappa shape index (κ1) is 17.1. The van der Waals surface area contributed by atoms with Gasteiger partial charge in [0.05, 0.1) is 30.3 Å². The number of anilines is 1. The highest BCUT2D eigenvalue weighted by atomic mass is 16.6. The van der Waals surface area contributed by atoms with Crippen molar-refractivity contribution in [1.82, 2.24) is 15.3 Å². The molecule has 4 heterocycles. The number of ether oxygens (including phenoxy) is 3. The molecule has 0 bridgehead atoms. The SMILES string of the molecule is Cc1c[nH]c2c(N3CCOCC3)ncc(OC(=O)NC3CCOCC3)c12. The third-order valence-electron chi connectivity index (χ3n) is 4.91. The van der Waals surface area contributed by atoms with Crippen LogP contribution in [0.1, 0.15) is 18.4 Å². The first-order valence-corrected chi connectivity index (χ1v) is 9.08. The van der Waals surface area contributed by atoms with E-state index >= 15 is 0 Å². The molecule has 0 saturated carbocycles. The summed E-state index contributed by atoms with van der Waals surface area (Å²) < 4.78 is 16.3. The molecule has 8 heteroatoms. The second-order valence-corrected chi connectivity index (χ2v) is 6.69. The molecule has 2 saturated heterocycles. The lowest BCUT2D eigenvalue weighted by Gasteiger charge is -2.28. The van der Waals surface area contributed by atoms with Gasteiger partial charge in [-0.1, -0.05) is 0 Å². The molecule has 2 aromatic rings. The largest absolute Gasteiger partial charge is 0.412 e. The Labute approximate surface area is 151 Å². The van der Waals surface area contributed by atoms with Crippen molar-refractivity contribution in [2.75, 3.05) is 44.4 Å². The molecule has 2 aliphatic rings. The third kappa shape index (κ3) is 3.47. The Kier molecular flexibility index (Phi) is 4.94. The van der Waals surface area contributed by atoms with Crippen LogP contribution in [0.25, 0.3) is 10.9 Å². The number of carbonyl (C=O) groups is 1. The highest BCUT2D eigenvalue weighted by Gasteiger charge is 2.22. The maximum atomic E-state index is 12.3. The molecule has 0 atom stereocenters. The number of aryl methyl sites for hydroxylation is 1. The van der Waals surface area contributed by atoms with Crippen LogP contribution >= 0.6 is 0 Å². The van der Waals surface area contributed by atoms with E-state index < -0.39 is 6.09 Å². The van der Waals surface area contributed by atoms with Gasteiger partial charge in [-0.15, -0.1) is 0 Å². The summed E-state index contributed by atoms with van der Waals surface area (Å²) in [4.78, 5) is 22.3. The van der Waals surface area contributed by atoms with E-state index in [0.29, 0.717) is 32.2 Å². The smallest absolute Gasteiger partial charge is 0.408 e. The molecule has 2 fully saturated rings. The number of aromatic amines is 1. The summed E-state index contributed by atoms with van der Waals surface area (Å²) in [5.74, 6) is 1.34. The molecule has 0 aromatic carbocycles. The lowest BCUT2D eigenvalue weighted by Crippen LogP contribution is -2.40. The predicted molar refractivity (Wildman–Crippen MR) is 96.9 cm³/mol. The van der Waals surface area contributed by atoms with Gasteiger partial charge in [-0.2, -0.15) is 0 Å². The number of aromatic nitrogens is 2. The summed E-state index contributed by atoms with van der Waals surface area (Å²) >= 11 is 0. The van der Waals surface area contributed by atoms with E-state index in [9.17, 15) is 4.79 Å². The standard InChI is InChI=1S/C18H24N4O4/c1-12-10-19-16-15(12)14(11-20-17(16)22-4-8-25-9-5-22)26-18(23)21-13-2-6-24-7-3-13/h10-11,13,19H,2-9H2,1H3,(H,21,23). The number of nitrogens with one attached hydrogen (secondary N) is 2. The van der Waals surface area contributed by atoms with Crippen LogP contribution in [-0.4, -0.2) is 61.6 Å². The van der Waals surface area contributed by atoms with E-state index in [1.807, 2.05) is 13.1 Å².